The van der Waals surface area contributed by atoms with Crippen molar-refractivity contribution in [3.8, 4) is 17.3 Å². The number of aromatic nitrogens is 3. The number of H-pyrrole nitrogens is 1. The van der Waals surface area contributed by atoms with Crippen molar-refractivity contribution in [1.82, 2.24) is 19.9 Å². The molecular weight excluding hydrogens is 366 g/mol. The zero-order valence-electron chi connectivity index (χ0n) is 16.7. The molecule has 148 valence electrons. The van der Waals surface area contributed by atoms with Crippen LogP contribution in [0.2, 0.25) is 0 Å². The number of para-hydroxylation sites is 1. The fourth-order valence-corrected chi connectivity index (χ4v) is 3.34. The van der Waals surface area contributed by atoms with Gasteiger partial charge >= 0.3 is 0 Å². The van der Waals surface area contributed by atoms with Gasteiger partial charge in [0, 0.05) is 29.4 Å². The molecule has 0 aliphatic heterocycles. The molecule has 0 aliphatic carbocycles. The normalized spacial score (nSPS) is 11.3. The summed E-state index contributed by atoms with van der Waals surface area (Å²) in [5, 5.41) is 5.13. The summed E-state index contributed by atoms with van der Waals surface area (Å²) in [6, 6.07) is 13.4. The molecule has 0 aliphatic rings. The van der Waals surface area contributed by atoms with Crippen molar-refractivity contribution in [1.29, 1.82) is 0 Å². The third kappa shape index (κ3) is 3.64. The summed E-state index contributed by atoms with van der Waals surface area (Å²) in [6.45, 7) is 1.62. The number of benzene rings is 2. The van der Waals surface area contributed by atoms with Crippen molar-refractivity contribution >= 4 is 33.9 Å². The number of nitrogens with zero attached hydrogens (tertiary/aromatic N) is 3. The van der Waals surface area contributed by atoms with Crippen LogP contribution in [0.4, 0.5) is 5.82 Å². The zero-order valence-corrected chi connectivity index (χ0v) is 16.7. The number of anilines is 1. The topological polar surface area (TPSA) is 83.1 Å². The number of fused-ring (bicyclic) bond motifs is 2. The minimum absolute atomic E-state index is 0.480. The largest absolute Gasteiger partial charge is 0.497 e. The SMILES string of the molecule is COc1ccc2[nH]c(-c3nc(NCCN(C)C)c4ccccc4n3)c(C=O)c2c1. The van der Waals surface area contributed by atoms with E-state index in [-0.39, 0.29) is 0 Å². The fraction of sp³-hybridized carbons (Fsp3) is 0.227. The van der Waals surface area contributed by atoms with Crippen LogP contribution in [0, 0.1) is 0 Å². The predicted molar refractivity (Wildman–Crippen MR) is 116 cm³/mol. The molecule has 7 nitrogen and oxygen atoms in total. The number of methoxy groups -OCH3 is 1. The summed E-state index contributed by atoms with van der Waals surface area (Å²) in [4.78, 5) is 26.8. The Morgan fingerprint density at radius 2 is 1.97 bits per heavy atom. The van der Waals surface area contributed by atoms with Crippen LogP contribution in [-0.4, -0.2) is 60.4 Å². The second kappa shape index (κ2) is 7.89. The number of hydrogen-bond acceptors (Lipinski definition) is 6. The van der Waals surface area contributed by atoms with E-state index in [1.54, 1.807) is 7.11 Å². The second-order valence-electron chi connectivity index (χ2n) is 7.09. The first-order valence-electron chi connectivity index (χ1n) is 9.41. The second-order valence-corrected chi connectivity index (χ2v) is 7.09. The molecule has 2 aromatic heterocycles. The first-order chi connectivity index (χ1) is 14.1. The highest BCUT2D eigenvalue weighted by Gasteiger charge is 2.17. The van der Waals surface area contributed by atoms with Gasteiger partial charge in [0.2, 0.25) is 0 Å². The molecular formula is C22H23N5O2. The van der Waals surface area contributed by atoms with E-state index in [0.717, 1.165) is 47.0 Å². The van der Waals surface area contributed by atoms with E-state index in [1.165, 1.54) is 0 Å². The Kier molecular flexibility index (Phi) is 5.14. The van der Waals surface area contributed by atoms with Crippen LogP contribution in [0.25, 0.3) is 33.3 Å². The van der Waals surface area contributed by atoms with E-state index in [4.69, 9.17) is 14.7 Å². The minimum Gasteiger partial charge on any atom is -0.497 e. The maximum atomic E-state index is 11.9. The monoisotopic (exact) mass is 389 g/mol. The Balaban J connectivity index is 1.86. The highest BCUT2D eigenvalue weighted by atomic mass is 16.5. The van der Waals surface area contributed by atoms with Crippen molar-refractivity contribution in [3.05, 3.63) is 48.0 Å². The fourth-order valence-electron chi connectivity index (χ4n) is 3.34. The van der Waals surface area contributed by atoms with E-state index in [2.05, 4.69) is 15.2 Å². The summed E-state index contributed by atoms with van der Waals surface area (Å²) in [6.07, 6.45) is 0.839. The molecule has 4 rings (SSSR count). The Bertz CT molecular complexity index is 1180. The van der Waals surface area contributed by atoms with Gasteiger partial charge < -0.3 is 19.9 Å². The zero-order chi connectivity index (χ0) is 20.4. The molecule has 0 atom stereocenters. The average Bonchev–Trinajstić information content (AvgIpc) is 3.11. The van der Waals surface area contributed by atoms with E-state index in [1.807, 2.05) is 56.6 Å². The maximum absolute atomic E-state index is 11.9. The van der Waals surface area contributed by atoms with Gasteiger partial charge in [-0.15, -0.1) is 0 Å². The molecule has 2 N–H and O–H groups in total. The van der Waals surface area contributed by atoms with Gasteiger partial charge in [0.25, 0.3) is 0 Å². The molecule has 0 saturated heterocycles. The molecule has 2 aromatic carbocycles. The first kappa shape index (κ1) is 18.9. The van der Waals surface area contributed by atoms with Gasteiger partial charge in [0.15, 0.2) is 12.1 Å². The molecule has 2 heterocycles. The summed E-state index contributed by atoms with van der Waals surface area (Å²) < 4.78 is 5.30. The molecule has 29 heavy (non-hydrogen) atoms. The lowest BCUT2D eigenvalue weighted by Gasteiger charge is -2.13. The number of nitrogens with one attached hydrogen (secondary N) is 2. The van der Waals surface area contributed by atoms with Crippen LogP contribution in [0.5, 0.6) is 5.75 Å². The molecule has 0 spiro atoms. The minimum atomic E-state index is 0.480. The average molecular weight is 389 g/mol. The third-order valence-corrected chi connectivity index (χ3v) is 4.84. The van der Waals surface area contributed by atoms with E-state index >= 15 is 0 Å². The molecule has 0 fully saturated rings. The summed E-state index contributed by atoms with van der Waals surface area (Å²) in [5.74, 6) is 1.92. The van der Waals surface area contributed by atoms with Crippen LogP contribution >= 0.6 is 0 Å². The first-order valence-corrected chi connectivity index (χ1v) is 9.41. The number of likely N-dealkylation sites (N-methyl/N-ethyl adjacent to an activating group) is 1. The summed E-state index contributed by atoms with van der Waals surface area (Å²) in [5.41, 5.74) is 2.78. The van der Waals surface area contributed by atoms with Crippen molar-refractivity contribution < 1.29 is 9.53 Å². The van der Waals surface area contributed by atoms with Crippen LogP contribution in [0.15, 0.2) is 42.5 Å². The van der Waals surface area contributed by atoms with Gasteiger partial charge in [-0.25, -0.2) is 9.97 Å². The van der Waals surface area contributed by atoms with Crippen molar-refractivity contribution in [3.63, 3.8) is 0 Å². The summed E-state index contributed by atoms with van der Waals surface area (Å²) >= 11 is 0. The Hall–Kier alpha value is -3.45. The van der Waals surface area contributed by atoms with Gasteiger partial charge in [-0.2, -0.15) is 0 Å². The van der Waals surface area contributed by atoms with Gasteiger partial charge in [-0.1, -0.05) is 12.1 Å². The Morgan fingerprint density at radius 1 is 1.14 bits per heavy atom. The Morgan fingerprint density at radius 3 is 2.72 bits per heavy atom. The highest BCUT2D eigenvalue weighted by molar-refractivity contribution is 6.04. The quantitative estimate of drug-likeness (QED) is 0.470. The standard InChI is InChI=1S/C22H23N5O2/c1-27(2)11-10-23-21-15-6-4-5-7-18(15)25-22(26-21)20-17(13-28)16-12-14(29-3)8-9-19(16)24-20/h4-9,12-13,24H,10-11H2,1-3H3,(H,23,25,26). The van der Waals surface area contributed by atoms with Gasteiger partial charge in [-0.05, 0) is 44.4 Å². The molecule has 0 amide bonds. The molecule has 0 unspecified atom stereocenters. The molecule has 0 saturated carbocycles. The molecule has 7 heteroatoms. The van der Waals surface area contributed by atoms with E-state index < -0.39 is 0 Å². The van der Waals surface area contributed by atoms with E-state index in [0.29, 0.717) is 22.8 Å². The highest BCUT2D eigenvalue weighted by Crippen LogP contribution is 2.32. The lowest BCUT2D eigenvalue weighted by Crippen LogP contribution is -2.21. The molecule has 0 bridgehead atoms. The number of aromatic amines is 1. The summed E-state index contributed by atoms with van der Waals surface area (Å²) in [7, 11) is 5.66. The van der Waals surface area contributed by atoms with Crippen molar-refractivity contribution in [2.45, 2.75) is 0 Å². The van der Waals surface area contributed by atoms with Crippen molar-refractivity contribution in [2.24, 2.45) is 0 Å². The smallest absolute Gasteiger partial charge is 0.179 e. The van der Waals surface area contributed by atoms with Crippen LogP contribution in [-0.2, 0) is 0 Å². The number of aldehydes is 1. The van der Waals surface area contributed by atoms with Gasteiger partial charge in [0.05, 0.1) is 23.9 Å². The lowest BCUT2D eigenvalue weighted by atomic mass is 10.1. The number of hydrogen-bond donors (Lipinski definition) is 2. The maximum Gasteiger partial charge on any atom is 0.179 e. The van der Waals surface area contributed by atoms with Gasteiger partial charge in [-0.3, -0.25) is 4.79 Å². The molecule has 0 radical (unpaired) electrons. The van der Waals surface area contributed by atoms with Gasteiger partial charge in [0.1, 0.15) is 11.6 Å². The van der Waals surface area contributed by atoms with Crippen LogP contribution in [0.1, 0.15) is 10.4 Å². The Labute approximate surface area is 168 Å². The predicted octanol–water partition coefficient (Wildman–Crippen LogP) is 3.57. The number of ether oxygens (including phenoxy) is 1. The van der Waals surface area contributed by atoms with Crippen LogP contribution in [0.3, 0.4) is 0 Å². The van der Waals surface area contributed by atoms with E-state index in [9.17, 15) is 4.79 Å². The number of rotatable bonds is 7. The lowest BCUT2D eigenvalue weighted by molar-refractivity contribution is 0.112. The third-order valence-electron chi connectivity index (χ3n) is 4.84. The van der Waals surface area contributed by atoms with Crippen LogP contribution < -0.4 is 10.1 Å². The van der Waals surface area contributed by atoms with Crippen molar-refractivity contribution in [2.75, 3.05) is 39.6 Å². The number of carbonyl (C=O) groups is 1. The molecule has 4 aromatic rings. The number of carbonyl (C=O) groups excluding carboxylic acids is 1.